The van der Waals surface area contributed by atoms with Gasteiger partial charge in [-0.3, -0.25) is 0 Å². The summed E-state index contributed by atoms with van der Waals surface area (Å²) in [4.78, 5) is 17.5. The standard InChI is InChI=1S/C12H16ClN3O2/c13-11-4-3-9(6-14-11)7-15-12(18)16-5-1-2-10(16)8-17/h3-4,6,10,17H,1-2,5,7-8H2,(H,15,18). The maximum absolute atomic E-state index is 11.9. The molecule has 2 rings (SSSR count). The molecule has 2 N–H and O–H groups in total. The molecule has 1 aliphatic rings. The van der Waals surface area contributed by atoms with Gasteiger partial charge in [0.1, 0.15) is 5.15 Å². The first-order chi connectivity index (χ1) is 8.70. The van der Waals surface area contributed by atoms with Gasteiger partial charge >= 0.3 is 6.03 Å². The van der Waals surface area contributed by atoms with Gasteiger partial charge in [-0.05, 0) is 24.5 Å². The van der Waals surface area contributed by atoms with E-state index in [1.807, 2.05) is 6.07 Å². The molecule has 1 aromatic heterocycles. The molecule has 0 radical (unpaired) electrons. The summed E-state index contributed by atoms with van der Waals surface area (Å²) in [6.45, 7) is 1.14. The molecular formula is C12H16ClN3O2. The number of hydrogen-bond donors (Lipinski definition) is 2. The smallest absolute Gasteiger partial charge is 0.317 e. The molecule has 18 heavy (non-hydrogen) atoms. The van der Waals surface area contributed by atoms with E-state index in [0.717, 1.165) is 18.4 Å². The fraction of sp³-hybridized carbons (Fsp3) is 0.500. The molecule has 1 aromatic rings. The number of halogens is 1. The van der Waals surface area contributed by atoms with E-state index in [4.69, 9.17) is 16.7 Å². The Kier molecular flexibility index (Phi) is 4.38. The molecule has 1 fully saturated rings. The molecule has 2 heterocycles. The van der Waals surface area contributed by atoms with Crippen molar-refractivity contribution in [2.45, 2.75) is 25.4 Å². The van der Waals surface area contributed by atoms with Crippen LogP contribution in [0, 0.1) is 0 Å². The van der Waals surface area contributed by atoms with E-state index in [0.29, 0.717) is 18.2 Å². The van der Waals surface area contributed by atoms with Crippen LogP contribution in [0.1, 0.15) is 18.4 Å². The molecule has 0 saturated carbocycles. The molecule has 1 aliphatic heterocycles. The first-order valence-corrected chi connectivity index (χ1v) is 6.34. The minimum atomic E-state index is -0.137. The summed E-state index contributed by atoms with van der Waals surface area (Å²) >= 11 is 5.68. The lowest BCUT2D eigenvalue weighted by molar-refractivity contribution is 0.157. The van der Waals surface area contributed by atoms with Gasteiger partial charge < -0.3 is 15.3 Å². The Morgan fingerprint density at radius 1 is 1.61 bits per heavy atom. The third-order valence-electron chi connectivity index (χ3n) is 3.08. The van der Waals surface area contributed by atoms with Gasteiger partial charge in [-0.25, -0.2) is 9.78 Å². The highest BCUT2D eigenvalue weighted by molar-refractivity contribution is 6.29. The van der Waals surface area contributed by atoms with Gasteiger partial charge in [0.2, 0.25) is 0 Å². The number of nitrogens with one attached hydrogen (secondary N) is 1. The Labute approximate surface area is 111 Å². The van der Waals surface area contributed by atoms with Crippen molar-refractivity contribution in [2.24, 2.45) is 0 Å². The van der Waals surface area contributed by atoms with E-state index >= 15 is 0 Å². The number of likely N-dealkylation sites (tertiary alicyclic amines) is 1. The third kappa shape index (κ3) is 3.11. The molecule has 5 nitrogen and oxygen atoms in total. The summed E-state index contributed by atoms with van der Waals surface area (Å²) in [7, 11) is 0. The largest absolute Gasteiger partial charge is 0.394 e. The highest BCUT2D eigenvalue weighted by Gasteiger charge is 2.27. The van der Waals surface area contributed by atoms with Crippen LogP contribution in [0.3, 0.4) is 0 Å². The van der Waals surface area contributed by atoms with Gasteiger partial charge in [-0.2, -0.15) is 0 Å². The van der Waals surface area contributed by atoms with Crippen LogP contribution in [-0.2, 0) is 6.54 Å². The Morgan fingerprint density at radius 2 is 2.44 bits per heavy atom. The summed E-state index contributed by atoms with van der Waals surface area (Å²) in [5, 5.41) is 12.4. The van der Waals surface area contributed by atoms with Crippen molar-refractivity contribution >= 4 is 17.6 Å². The van der Waals surface area contributed by atoms with Crippen molar-refractivity contribution in [3.05, 3.63) is 29.0 Å². The molecule has 6 heteroatoms. The monoisotopic (exact) mass is 269 g/mol. The van der Waals surface area contributed by atoms with Crippen LogP contribution in [0.5, 0.6) is 0 Å². The first kappa shape index (κ1) is 13.1. The van der Waals surface area contributed by atoms with E-state index in [-0.39, 0.29) is 18.7 Å². The Hall–Kier alpha value is -1.33. The highest BCUT2D eigenvalue weighted by atomic mass is 35.5. The number of aromatic nitrogens is 1. The summed E-state index contributed by atoms with van der Waals surface area (Å²) < 4.78 is 0. The number of aliphatic hydroxyl groups excluding tert-OH is 1. The SMILES string of the molecule is O=C(NCc1ccc(Cl)nc1)N1CCCC1CO. The second kappa shape index (κ2) is 6.02. The molecule has 1 atom stereocenters. The Bertz CT molecular complexity index is 410. The number of carbonyl (C=O) groups excluding carboxylic acids is 1. The van der Waals surface area contributed by atoms with Crippen LogP contribution in [0.25, 0.3) is 0 Å². The summed E-state index contributed by atoms with van der Waals surface area (Å²) in [6, 6.07) is 3.33. The average molecular weight is 270 g/mol. The van der Waals surface area contributed by atoms with Crippen molar-refractivity contribution < 1.29 is 9.90 Å². The fourth-order valence-electron chi connectivity index (χ4n) is 2.08. The van der Waals surface area contributed by atoms with Crippen molar-refractivity contribution in [2.75, 3.05) is 13.2 Å². The average Bonchev–Trinajstić information content (AvgIpc) is 2.86. The zero-order valence-electron chi connectivity index (χ0n) is 9.97. The lowest BCUT2D eigenvalue weighted by Gasteiger charge is -2.23. The maximum Gasteiger partial charge on any atom is 0.317 e. The minimum absolute atomic E-state index is 0.0237. The van der Waals surface area contributed by atoms with Gasteiger partial charge in [-0.15, -0.1) is 0 Å². The van der Waals surface area contributed by atoms with Gasteiger partial charge in [0.25, 0.3) is 0 Å². The molecule has 1 unspecified atom stereocenters. The van der Waals surface area contributed by atoms with Crippen LogP contribution < -0.4 is 5.32 Å². The van der Waals surface area contributed by atoms with Gasteiger partial charge in [0, 0.05) is 19.3 Å². The predicted molar refractivity (Wildman–Crippen MR) is 68.3 cm³/mol. The van der Waals surface area contributed by atoms with Gasteiger partial charge in [0.15, 0.2) is 0 Å². The van der Waals surface area contributed by atoms with E-state index in [1.165, 1.54) is 0 Å². The van der Waals surface area contributed by atoms with Crippen molar-refractivity contribution in [3.8, 4) is 0 Å². The normalized spacial score (nSPS) is 19.0. The zero-order chi connectivity index (χ0) is 13.0. The molecule has 0 spiro atoms. The summed E-state index contributed by atoms with van der Waals surface area (Å²) in [5.74, 6) is 0. The third-order valence-corrected chi connectivity index (χ3v) is 3.30. The van der Waals surface area contributed by atoms with E-state index in [1.54, 1.807) is 17.2 Å². The van der Waals surface area contributed by atoms with Crippen molar-refractivity contribution in [3.63, 3.8) is 0 Å². The van der Waals surface area contributed by atoms with E-state index in [2.05, 4.69) is 10.3 Å². The first-order valence-electron chi connectivity index (χ1n) is 5.96. The van der Waals surface area contributed by atoms with Crippen molar-refractivity contribution in [1.82, 2.24) is 15.2 Å². The molecule has 98 valence electrons. The maximum atomic E-state index is 11.9. The molecule has 0 aromatic carbocycles. The van der Waals surface area contributed by atoms with Gasteiger partial charge in [-0.1, -0.05) is 17.7 Å². The van der Waals surface area contributed by atoms with Gasteiger partial charge in [0.05, 0.1) is 12.6 Å². The van der Waals surface area contributed by atoms with Crippen LogP contribution in [0.15, 0.2) is 18.3 Å². The number of rotatable bonds is 3. The van der Waals surface area contributed by atoms with E-state index < -0.39 is 0 Å². The van der Waals surface area contributed by atoms with Crippen LogP contribution >= 0.6 is 11.6 Å². The summed E-state index contributed by atoms with van der Waals surface area (Å²) in [6.07, 6.45) is 3.45. The number of hydrogen-bond acceptors (Lipinski definition) is 3. The molecule has 1 saturated heterocycles. The predicted octanol–water partition coefficient (Wildman–Crippen LogP) is 1.40. The molecular weight excluding hydrogens is 254 g/mol. The van der Waals surface area contributed by atoms with Crippen LogP contribution in [-0.4, -0.2) is 40.2 Å². The summed E-state index contributed by atoms with van der Waals surface area (Å²) in [5.41, 5.74) is 0.896. The number of pyridine rings is 1. The lowest BCUT2D eigenvalue weighted by Crippen LogP contribution is -2.43. The number of amides is 2. The Balaban J connectivity index is 1.86. The minimum Gasteiger partial charge on any atom is -0.394 e. The molecule has 0 aliphatic carbocycles. The van der Waals surface area contributed by atoms with Crippen LogP contribution in [0.4, 0.5) is 4.79 Å². The second-order valence-corrected chi connectivity index (χ2v) is 4.71. The van der Waals surface area contributed by atoms with Crippen molar-refractivity contribution in [1.29, 1.82) is 0 Å². The number of carbonyl (C=O) groups is 1. The zero-order valence-corrected chi connectivity index (χ0v) is 10.7. The fourth-order valence-corrected chi connectivity index (χ4v) is 2.19. The van der Waals surface area contributed by atoms with Crippen LogP contribution in [0.2, 0.25) is 5.15 Å². The number of nitrogens with zero attached hydrogens (tertiary/aromatic N) is 2. The quantitative estimate of drug-likeness (QED) is 0.816. The molecule has 0 bridgehead atoms. The number of urea groups is 1. The Morgan fingerprint density at radius 3 is 3.11 bits per heavy atom. The highest BCUT2D eigenvalue weighted by Crippen LogP contribution is 2.16. The topological polar surface area (TPSA) is 65.5 Å². The van der Waals surface area contributed by atoms with E-state index in [9.17, 15) is 4.79 Å². The molecule has 2 amide bonds. The lowest BCUT2D eigenvalue weighted by atomic mass is 10.2. The number of aliphatic hydroxyl groups is 1. The second-order valence-electron chi connectivity index (χ2n) is 4.32.